The molecule has 6 heteroatoms. The van der Waals surface area contributed by atoms with Gasteiger partial charge in [0.25, 0.3) is 5.91 Å². The molecule has 1 saturated carbocycles. The maximum Gasteiger partial charge on any atom is 0.254 e. The fraction of sp³-hybridized carbons (Fsp3) is 0.462. The van der Waals surface area contributed by atoms with E-state index in [0.29, 0.717) is 30.6 Å². The molecule has 3 atom stereocenters. The number of nitrogens with one attached hydrogen (secondary N) is 2. The van der Waals surface area contributed by atoms with Crippen molar-refractivity contribution in [2.75, 3.05) is 26.2 Å². The van der Waals surface area contributed by atoms with Crippen LogP contribution in [-0.4, -0.2) is 42.9 Å². The molecule has 5 nitrogen and oxygen atoms in total. The third-order valence-electron chi connectivity index (χ3n) is 6.85. The van der Waals surface area contributed by atoms with Gasteiger partial charge in [0, 0.05) is 29.7 Å². The lowest BCUT2D eigenvalue weighted by molar-refractivity contribution is -0.123. The summed E-state index contributed by atoms with van der Waals surface area (Å²) >= 11 is 6.11. The number of benzene rings is 2. The zero-order valence-electron chi connectivity index (χ0n) is 18.6. The second-order valence-electron chi connectivity index (χ2n) is 9.09. The molecule has 0 spiro atoms. The highest BCUT2D eigenvalue weighted by Gasteiger charge is 2.26. The molecule has 2 aliphatic rings. The molecule has 1 aliphatic carbocycles. The Kier molecular flexibility index (Phi) is 7.48. The average molecular weight is 454 g/mol. The van der Waals surface area contributed by atoms with Crippen molar-refractivity contribution in [1.29, 1.82) is 0 Å². The molecule has 0 radical (unpaired) electrons. The standard InChI is InChI=1S/C26H32ClN3O2/c1-18(22-3-2-4-24(27)16-22)28-12-11-19-5-6-23(15-19)20-7-9-21(10-8-20)26(32)30-14-13-29-25(31)17-30/h2-4,7-10,16,18-19,23,28H,5-6,11-15,17H2,1H3,(H,29,31)/t18-,19?,23+/m1/s1. The molecule has 1 saturated heterocycles. The van der Waals surface area contributed by atoms with Crippen molar-refractivity contribution in [3.63, 3.8) is 0 Å². The Morgan fingerprint density at radius 1 is 1.22 bits per heavy atom. The number of halogens is 1. The van der Waals surface area contributed by atoms with Gasteiger partial charge in [-0.25, -0.2) is 0 Å². The minimum absolute atomic E-state index is 0.0596. The largest absolute Gasteiger partial charge is 0.353 e. The van der Waals surface area contributed by atoms with E-state index in [1.165, 1.54) is 36.8 Å². The molecule has 2 amide bonds. The van der Waals surface area contributed by atoms with Crippen LogP contribution in [-0.2, 0) is 4.79 Å². The van der Waals surface area contributed by atoms with Crippen LogP contribution in [0.5, 0.6) is 0 Å². The molecule has 1 heterocycles. The van der Waals surface area contributed by atoms with Crippen LogP contribution in [0.4, 0.5) is 0 Å². The normalized spacial score (nSPS) is 21.9. The van der Waals surface area contributed by atoms with Crippen LogP contribution < -0.4 is 10.6 Å². The molecule has 170 valence electrons. The fourth-order valence-corrected chi connectivity index (χ4v) is 5.13. The van der Waals surface area contributed by atoms with E-state index in [-0.39, 0.29) is 18.4 Å². The van der Waals surface area contributed by atoms with Crippen LogP contribution in [0.25, 0.3) is 0 Å². The number of hydrogen-bond donors (Lipinski definition) is 2. The summed E-state index contributed by atoms with van der Waals surface area (Å²) in [6.45, 7) is 4.43. The van der Waals surface area contributed by atoms with E-state index in [1.54, 1.807) is 4.90 Å². The monoisotopic (exact) mass is 453 g/mol. The summed E-state index contributed by atoms with van der Waals surface area (Å²) in [5, 5.41) is 7.17. The third-order valence-corrected chi connectivity index (χ3v) is 7.08. The lowest BCUT2D eigenvalue weighted by atomic mass is 9.94. The van der Waals surface area contributed by atoms with Crippen molar-refractivity contribution in [1.82, 2.24) is 15.5 Å². The third kappa shape index (κ3) is 5.70. The summed E-state index contributed by atoms with van der Waals surface area (Å²) in [6.07, 6.45) is 4.83. The first kappa shape index (κ1) is 22.8. The molecule has 2 aromatic rings. The summed E-state index contributed by atoms with van der Waals surface area (Å²) in [4.78, 5) is 25.8. The minimum atomic E-state index is -0.0883. The first-order valence-electron chi connectivity index (χ1n) is 11.6. The first-order valence-corrected chi connectivity index (χ1v) is 12.0. The Balaban J connectivity index is 1.24. The second-order valence-corrected chi connectivity index (χ2v) is 9.53. The lowest BCUT2D eigenvalue weighted by Crippen LogP contribution is -2.49. The molecule has 2 N–H and O–H groups in total. The predicted molar refractivity (Wildman–Crippen MR) is 128 cm³/mol. The van der Waals surface area contributed by atoms with Crippen LogP contribution in [0, 0.1) is 5.92 Å². The molecule has 1 aliphatic heterocycles. The van der Waals surface area contributed by atoms with Gasteiger partial charge in [0.15, 0.2) is 0 Å². The van der Waals surface area contributed by atoms with E-state index in [4.69, 9.17) is 11.6 Å². The van der Waals surface area contributed by atoms with Gasteiger partial charge in [-0.2, -0.15) is 0 Å². The number of piperazine rings is 1. The Hall–Kier alpha value is -2.37. The maximum absolute atomic E-state index is 12.7. The van der Waals surface area contributed by atoms with Gasteiger partial charge >= 0.3 is 0 Å². The van der Waals surface area contributed by atoms with Gasteiger partial charge in [-0.05, 0) is 86.4 Å². The van der Waals surface area contributed by atoms with Gasteiger partial charge in [0.1, 0.15) is 0 Å². The average Bonchev–Trinajstić information content (AvgIpc) is 3.27. The van der Waals surface area contributed by atoms with Gasteiger partial charge in [0.05, 0.1) is 6.54 Å². The number of carbonyl (C=O) groups is 2. The number of amides is 2. The number of hydrogen-bond acceptors (Lipinski definition) is 3. The van der Waals surface area contributed by atoms with E-state index in [9.17, 15) is 9.59 Å². The highest BCUT2D eigenvalue weighted by atomic mass is 35.5. The number of rotatable bonds is 7. The van der Waals surface area contributed by atoms with Crippen molar-refractivity contribution in [3.8, 4) is 0 Å². The minimum Gasteiger partial charge on any atom is -0.353 e. The van der Waals surface area contributed by atoms with Crippen LogP contribution in [0.15, 0.2) is 48.5 Å². The molecular weight excluding hydrogens is 422 g/mol. The van der Waals surface area contributed by atoms with Gasteiger partial charge in [-0.1, -0.05) is 35.9 Å². The molecule has 4 rings (SSSR count). The van der Waals surface area contributed by atoms with Crippen LogP contribution in [0.1, 0.15) is 66.1 Å². The van der Waals surface area contributed by atoms with Crippen LogP contribution in [0.2, 0.25) is 5.02 Å². The van der Waals surface area contributed by atoms with E-state index < -0.39 is 0 Å². The SMILES string of the molecule is C[C@@H](NCCC1CC[C@H](c2ccc(C(=O)N3CCNC(=O)C3)cc2)C1)c1cccc(Cl)c1. The second kappa shape index (κ2) is 10.5. The maximum atomic E-state index is 12.7. The van der Waals surface area contributed by atoms with Crippen molar-refractivity contribution >= 4 is 23.4 Å². The summed E-state index contributed by atoms with van der Waals surface area (Å²) < 4.78 is 0. The zero-order chi connectivity index (χ0) is 22.5. The zero-order valence-corrected chi connectivity index (χ0v) is 19.4. The van der Waals surface area contributed by atoms with Crippen molar-refractivity contribution < 1.29 is 9.59 Å². The Morgan fingerprint density at radius 3 is 2.78 bits per heavy atom. The Labute approximate surface area is 195 Å². The van der Waals surface area contributed by atoms with Crippen molar-refractivity contribution in [2.24, 2.45) is 5.92 Å². The highest BCUT2D eigenvalue weighted by molar-refractivity contribution is 6.30. The quantitative estimate of drug-likeness (QED) is 0.647. The molecule has 32 heavy (non-hydrogen) atoms. The van der Waals surface area contributed by atoms with E-state index in [1.807, 2.05) is 30.3 Å². The first-order chi connectivity index (χ1) is 15.5. The summed E-state index contributed by atoms with van der Waals surface area (Å²) in [7, 11) is 0. The van der Waals surface area contributed by atoms with E-state index in [0.717, 1.165) is 17.5 Å². The summed E-state index contributed by atoms with van der Waals surface area (Å²) in [5.41, 5.74) is 3.21. The summed E-state index contributed by atoms with van der Waals surface area (Å²) in [6, 6.07) is 16.4. The number of carbonyl (C=O) groups excluding carboxylic acids is 2. The lowest BCUT2D eigenvalue weighted by Gasteiger charge is -2.26. The van der Waals surface area contributed by atoms with Crippen molar-refractivity contribution in [2.45, 2.75) is 44.6 Å². The molecule has 0 bridgehead atoms. The predicted octanol–water partition coefficient (Wildman–Crippen LogP) is 4.54. The van der Waals surface area contributed by atoms with Gasteiger partial charge in [-0.3, -0.25) is 9.59 Å². The molecule has 0 aromatic heterocycles. The van der Waals surface area contributed by atoms with Gasteiger partial charge < -0.3 is 15.5 Å². The fourth-order valence-electron chi connectivity index (χ4n) is 4.93. The highest BCUT2D eigenvalue weighted by Crippen LogP contribution is 2.39. The Bertz CT molecular complexity index is 946. The molecule has 2 fully saturated rings. The number of nitrogens with zero attached hydrogens (tertiary/aromatic N) is 1. The smallest absolute Gasteiger partial charge is 0.254 e. The van der Waals surface area contributed by atoms with E-state index in [2.05, 4.69) is 35.8 Å². The molecular formula is C26H32ClN3O2. The molecule has 1 unspecified atom stereocenters. The van der Waals surface area contributed by atoms with Gasteiger partial charge in [0.2, 0.25) is 5.91 Å². The summed E-state index contributed by atoms with van der Waals surface area (Å²) in [5.74, 6) is 1.15. The van der Waals surface area contributed by atoms with Gasteiger partial charge in [-0.15, -0.1) is 0 Å². The van der Waals surface area contributed by atoms with E-state index >= 15 is 0 Å². The van der Waals surface area contributed by atoms with Crippen molar-refractivity contribution in [3.05, 3.63) is 70.2 Å². The van der Waals surface area contributed by atoms with Crippen LogP contribution >= 0.6 is 11.6 Å². The topological polar surface area (TPSA) is 61.4 Å². The Morgan fingerprint density at radius 2 is 2.03 bits per heavy atom. The van der Waals surface area contributed by atoms with Crippen LogP contribution in [0.3, 0.4) is 0 Å². The molecule has 2 aromatic carbocycles.